The highest BCUT2D eigenvalue weighted by Gasteiger charge is 2.27. The quantitative estimate of drug-likeness (QED) is 0.874. The highest BCUT2D eigenvalue weighted by atomic mass is 35.5. The van der Waals surface area contributed by atoms with Crippen molar-refractivity contribution in [2.45, 2.75) is 25.3 Å². The maximum atomic E-state index is 13.2. The van der Waals surface area contributed by atoms with Crippen molar-refractivity contribution in [2.24, 2.45) is 0 Å². The molecule has 0 saturated carbocycles. The van der Waals surface area contributed by atoms with Gasteiger partial charge in [0.15, 0.2) is 11.6 Å². The predicted molar refractivity (Wildman–Crippen MR) is 71.4 cm³/mol. The van der Waals surface area contributed by atoms with Gasteiger partial charge in [-0.2, -0.15) is 0 Å². The van der Waals surface area contributed by atoms with Crippen molar-refractivity contribution >= 4 is 18.3 Å². The fourth-order valence-corrected chi connectivity index (χ4v) is 2.41. The summed E-state index contributed by atoms with van der Waals surface area (Å²) in [6, 6.07) is 3.86. The van der Waals surface area contributed by atoms with Gasteiger partial charge in [0.25, 0.3) is 0 Å². The summed E-state index contributed by atoms with van der Waals surface area (Å²) in [5, 5.41) is 6.03. The van der Waals surface area contributed by atoms with Gasteiger partial charge in [-0.05, 0) is 30.7 Å². The van der Waals surface area contributed by atoms with Crippen LogP contribution in [0.3, 0.4) is 0 Å². The smallest absolute Gasteiger partial charge is 0.217 e. The molecule has 1 amide bonds. The number of nitrogens with one attached hydrogen (secondary N) is 2. The van der Waals surface area contributed by atoms with Gasteiger partial charge >= 0.3 is 0 Å². The van der Waals surface area contributed by atoms with Crippen LogP contribution in [0, 0.1) is 11.6 Å². The molecule has 1 aliphatic heterocycles. The van der Waals surface area contributed by atoms with Gasteiger partial charge in [-0.1, -0.05) is 6.07 Å². The summed E-state index contributed by atoms with van der Waals surface area (Å²) in [5.74, 6) is -1.78. The number of piperidine rings is 1. The van der Waals surface area contributed by atoms with Crippen LogP contribution in [-0.2, 0) is 4.79 Å². The Hall–Kier alpha value is -1.20. The molecule has 106 valence electrons. The number of benzene rings is 1. The fraction of sp³-hybridized carbons (Fsp3) is 0.462. The van der Waals surface area contributed by atoms with Crippen LogP contribution < -0.4 is 10.6 Å². The van der Waals surface area contributed by atoms with E-state index in [4.69, 9.17) is 0 Å². The lowest BCUT2D eigenvalue weighted by molar-refractivity contribution is -0.119. The topological polar surface area (TPSA) is 41.1 Å². The first-order valence-electron chi connectivity index (χ1n) is 6.00. The summed E-state index contributed by atoms with van der Waals surface area (Å²) < 4.78 is 26.2. The lowest BCUT2D eigenvalue weighted by Gasteiger charge is -2.33. The molecule has 1 aromatic carbocycles. The zero-order chi connectivity index (χ0) is 13.1. The molecule has 2 N–H and O–H groups in total. The summed E-state index contributed by atoms with van der Waals surface area (Å²) in [6.45, 7) is 2.90. The van der Waals surface area contributed by atoms with E-state index in [9.17, 15) is 13.6 Å². The van der Waals surface area contributed by atoms with Crippen LogP contribution in [0.25, 0.3) is 0 Å². The van der Waals surface area contributed by atoms with Crippen LogP contribution in [0.1, 0.15) is 24.8 Å². The van der Waals surface area contributed by atoms with Gasteiger partial charge < -0.3 is 10.6 Å². The van der Waals surface area contributed by atoms with Gasteiger partial charge in [0.2, 0.25) is 5.91 Å². The molecule has 1 heterocycles. The molecule has 19 heavy (non-hydrogen) atoms. The van der Waals surface area contributed by atoms with E-state index in [1.165, 1.54) is 13.0 Å². The van der Waals surface area contributed by atoms with Crippen molar-refractivity contribution in [3.8, 4) is 0 Å². The summed E-state index contributed by atoms with van der Waals surface area (Å²) in [5.41, 5.74) is 0.731. The lowest BCUT2D eigenvalue weighted by Crippen LogP contribution is -2.49. The lowest BCUT2D eigenvalue weighted by atomic mass is 9.86. The van der Waals surface area contributed by atoms with Crippen LogP contribution in [0.5, 0.6) is 0 Å². The third-order valence-corrected chi connectivity index (χ3v) is 3.24. The molecular weight excluding hydrogens is 274 g/mol. The Bertz CT molecular complexity index is 456. The van der Waals surface area contributed by atoms with Crippen LogP contribution >= 0.6 is 12.4 Å². The van der Waals surface area contributed by atoms with E-state index in [1.807, 2.05) is 0 Å². The second-order valence-corrected chi connectivity index (χ2v) is 4.58. The first kappa shape index (κ1) is 15.9. The Labute approximate surface area is 117 Å². The van der Waals surface area contributed by atoms with Crippen molar-refractivity contribution in [3.05, 3.63) is 35.4 Å². The Morgan fingerprint density at radius 1 is 1.37 bits per heavy atom. The molecule has 2 rings (SSSR count). The standard InChI is InChI=1S/C13H16F2N2O.ClH/c1-8(18)17-13-7-16-5-4-10(13)9-2-3-11(14)12(15)6-9;/h2-3,6,10,13,16H,4-5,7H2,1H3,(H,17,18);1H. The SMILES string of the molecule is CC(=O)NC1CNCCC1c1ccc(F)c(F)c1.Cl. The summed E-state index contributed by atoms with van der Waals surface area (Å²) in [4.78, 5) is 11.1. The number of hydrogen-bond donors (Lipinski definition) is 2. The van der Waals surface area contributed by atoms with Gasteiger partial charge in [0, 0.05) is 25.4 Å². The van der Waals surface area contributed by atoms with E-state index in [-0.39, 0.29) is 30.3 Å². The van der Waals surface area contributed by atoms with Crippen molar-refractivity contribution < 1.29 is 13.6 Å². The molecular formula is C13H17ClF2N2O. The molecule has 1 fully saturated rings. The van der Waals surface area contributed by atoms with E-state index >= 15 is 0 Å². The van der Waals surface area contributed by atoms with Crippen LogP contribution in [0.2, 0.25) is 0 Å². The predicted octanol–water partition coefficient (Wildman–Crippen LogP) is 1.97. The normalized spacial score (nSPS) is 22.5. The summed E-state index contributed by atoms with van der Waals surface area (Å²) >= 11 is 0. The highest BCUT2D eigenvalue weighted by molar-refractivity contribution is 5.85. The van der Waals surface area contributed by atoms with Crippen molar-refractivity contribution in [3.63, 3.8) is 0 Å². The van der Waals surface area contributed by atoms with Crippen molar-refractivity contribution in [1.82, 2.24) is 10.6 Å². The number of carbonyl (C=O) groups excluding carboxylic acids is 1. The fourth-order valence-electron chi connectivity index (χ4n) is 2.41. The molecule has 0 spiro atoms. The molecule has 2 atom stereocenters. The van der Waals surface area contributed by atoms with Crippen LogP contribution in [-0.4, -0.2) is 25.0 Å². The molecule has 0 radical (unpaired) electrons. The Morgan fingerprint density at radius 3 is 2.74 bits per heavy atom. The second-order valence-electron chi connectivity index (χ2n) is 4.58. The van der Waals surface area contributed by atoms with E-state index in [2.05, 4.69) is 10.6 Å². The summed E-state index contributed by atoms with van der Waals surface area (Å²) in [7, 11) is 0. The first-order valence-corrected chi connectivity index (χ1v) is 6.00. The minimum Gasteiger partial charge on any atom is -0.352 e. The van der Waals surface area contributed by atoms with Crippen molar-refractivity contribution in [2.75, 3.05) is 13.1 Å². The molecule has 0 bridgehead atoms. The Kier molecular flexibility index (Phi) is 5.69. The van der Waals surface area contributed by atoms with Crippen LogP contribution in [0.15, 0.2) is 18.2 Å². The maximum absolute atomic E-state index is 13.2. The van der Waals surface area contributed by atoms with Gasteiger partial charge in [0.1, 0.15) is 0 Å². The van der Waals surface area contributed by atoms with Gasteiger partial charge in [0.05, 0.1) is 0 Å². The minimum absolute atomic E-state index is 0. The molecule has 1 aromatic rings. The maximum Gasteiger partial charge on any atom is 0.217 e. The Morgan fingerprint density at radius 2 is 2.11 bits per heavy atom. The Balaban J connectivity index is 0.00000180. The molecule has 3 nitrogen and oxygen atoms in total. The molecule has 0 aromatic heterocycles. The van der Waals surface area contributed by atoms with Gasteiger partial charge in [-0.25, -0.2) is 8.78 Å². The number of hydrogen-bond acceptors (Lipinski definition) is 2. The average molecular weight is 291 g/mol. The molecule has 1 aliphatic rings. The van der Waals surface area contributed by atoms with Gasteiger partial charge in [-0.3, -0.25) is 4.79 Å². The highest BCUT2D eigenvalue weighted by Crippen LogP contribution is 2.26. The summed E-state index contributed by atoms with van der Waals surface area (Å²) in [6.07, 6.45) is 0.788. The average Bonchev–Trinajstić information content (AvgIpc) is 2.33. The largest absolute Gasteiger partial charge is 0.352 e. The number of rotatable bonds is 2. The van der Waals surface area contributed by atoms with E-state index in [0.29, 0.717) is 6.54 Å². The van der Waals surface area contributed by atoms with Gasteiger partial charge in [-0.15, -0.1) is 12.4 Å². The number of halogens is 3. The van der Waals surface area contributed by atoms with E-state index in [0.717, 1.165) is 24.6 Å². The third kappa shape index (κ3) is 3.88. The third-order valence-electron chi connectivity index (χ3n) is 3.24. The second kappa shape index (κ2) is 6.82. The molecule has 1 saturated heterocycles. The van der Waals surface area contributed by atoms with Crippen molar-refractivity contribution in [1.29, 1.82) is 0 Å². The van der Waals surface area contributed by atoms with E-state index < -0.39 is 11.6 Å². The minimum atomic E-state index is -0.844. The molecule has 0 aliphatic carbocycles. The monoisotopic (exact) mass is 290 g/mol. The number of carbonyl (C=O) groups is 1. The molecule has 6 heteroatoms. The first-order chi connectivity index (χ1) is 8.58. The molecule has 2 unspecified atom stereocenters. The zero-order valence-electron chi connectivity index (χ0n) is 10.6. The van der Waals surface area contributed by atoms with E-state index in [1.54, 1.807) is 6.07 Å². The zero-order valence-corrected chi connectivity index (χ0v) is 11.4. The number of amides is 1. The van der Waals surface area contributed by atoms with Crippen LogP contribution in [0.4, 0.5) is 8.78 Å².